The van der Waals surface area contributed by atoms with Crippen LogP contribution >= 0.6 is 0 Å². The first-order valence-electron chi connectivity index (χ1n) is 13.5. The lowest BCUT2D eigenvalue weighted by atomic mass is 9.87. The average Bonchev–Trinajstić information content (AvgIpc) is 2.93. The third-order valence-corrected chi connectivity index (χ3v) is 7.19. The molecule has 0 radical (unpaired) electrons. The van der Waals surface area contributed by atoms with E-state index in [0.717, 1.165) is 25.9 Å². The summed E-state index contributed by atoms with van der Waals surface area (Å²) >= 11 is 0. The Hall–Kier alpha value is -4.38. The monoisotopic (exact) mass is 517 g/mol. The lowest BCUT2D eigenvalue weighted by Gasteiger charge is -2.31. The number of hydrogen-bond acceptors (Lipinski definition) is 3. The fourth-order valence-corrected chi connectivity index (χ4v) is 4.96. The number of nitrogens with zero attached hydrogens (tertiary/aromatic N) is 1. The van der Waals surface area contributed by atoms with Crippen molar-refractivity contribution in [3.05, 3.63) is 125 Å². The summed E-state index contributed by atoms with van der Waals surface area (Å²) in [6.45, 7) is 8.29. The summed E-state index contributed by atoms with van der Waals surface area (Å²) in [6, 6.07) is 31.2. The molecule has 39 heavy (non-hydrogen) atoms. The van der Waals surface area contributed by atoms with Gasteiger partial charge in [0.25, 0.3) is 11.8 Å². The second kappa shape index (κ2) is 11.2. The first-order chi connectivity index (χ1) is 18.8. The molecule has 0 spiro atoms. The molecule has 4 aromatic carbocycles. The first kappa shape index (κ1) is 26.2. The predicted octanol–water partition coefficient (Wildman–Crippen LogP) is 7.44. The van der Waals surface area contributed by atoms with Gasteiger partial charge >= 0.3 is 0 Å². The molecule has 0 aliphatic carbocycles. The number of fused-ring (bicyclic) bond motifs is 1. The molecule has 0 unspecified atom stereocenters. The smallest absolute Gasteiger partial charge is 0.255 e. The minimum absolute atomic E-state index is 0.0292. The van der Waals surface area contributed by atoms with Gasteiger partial charge in [-0.3, -0.25) is 9.59 Å². The Morgan fingerprint density at radius 2 is 1.33 bits per heavy atom. The van der Waals surface area contributed by atoms with E-state index in [2.05, 4.69) is 60.6 Å². The molecule has 0 atom stereocenters. The van der Waals surface area contributed by atoms with Crippen LogP contribution < -0.4 is 15.5 Å². The Morgan fingerprint density at radius 3 is 1.95 bits per heavy atom. The number of carbonyl (C=O) groups is 2. The Labute approximate surface area is 230 Å². The Balaban J connectivity index is 1.20. The van der Waals surface area contributed by atoms with Crippen LogP contribution in [0.5, 0.6) is 0 Å². The van der Waals surface area contributed by atoms with Gasteiger partial charge in [0, 0.05) is 41.3 Å². The molecule has 2 amide bonds. The highest BCUT2D eigenvalue weighted by molar-refractivity contribution is 6.06. The molecule has 5 rings (SSSR count). The van der Waals surface area contributed by atoms with Gasteiger partial charge in [-0.2, -0.15) is 0 Å². The molecule has 0 saturated carbocycles. The third-order valence-electron chi connectivity index (χ3n) is 7.19. The van der Waals surface area contributed by atoms with Crippen molar-refractivity contribution in [2.45, 2.75) is 45.6 Å². The highest BCUT2D eigenvalue weighted by Gasteiger charge is 2.17. The first-order valence-corrected chi connectivity index (χ1v) is 13.5. The van der Waals surface area contributed by atoms with Crippen molar-refractivity contribution >= 4 is 28.9 Å². The van der Waals surface area contributed by atoms with Gasteiger partial charge in [0.1, 0.15) is 0 Å². The number of amides is 2. The lowest BCUT2D eigenvalue weighted by Crippen LogP contribution is -2.28. The standard InChI is InChI=1S/C34H35N3O2/c1-34(2,3)28-19-17-27(18-20-28)33(39)36-30-11-6-10-29(22-30)35-32(38)26-15-13-24(14-16-26)23-37-21-7-9-25-8-4-5-12-31(25)37/h4-6,8,10-20,22H,7,9,21,23H2,1-3H3,(H,35,38)(H,36,39). The number of hydrogen-bond donors (Lipinski definition) is 2. The maximum atomic E-state index is 12.9. The van der Waals surface area contributed by atoms with Gasteiger partial charge in [-0.25, -0.2) is 0 Å². The van der Waals surface area contributed by atoms with Gasteiger partial charge in [-0.15, -0.1) is 0 Å². The van der Waals surface area contributed by atoms with Crippen molar-refractivity contribution in [2.75, 3.05) is 22.1 Å². The van der Waals surface area contributed by atoms with E-state index < -0.39 is 0 Å². The van der Waals surface area contributed by atoms with Crippen LogP contribution in [0.1, 0.15) is 64.6 Å². The molecule has 5 nitrogen and oxygen atoms in total. The number of carbonyl (C=O) groups excluding carboxylic acids is 2. The second-order valence-corrected chi connectivity index (χ2v) is 11.2. The maximum Gasteiger partial charge on any atom is 0.255 e. The van der Waals surface area contributed by atoms with Crippen molar-refractivity contribution in [1.82, 2.24) is 0 Å². The van der Waals surface area contributed by atoms with Crippen LogP contribution in [0.15, 0.2) is 97.1 Å². The summed E-state index contributed by atoms with van der Waals surface area (Å²) in [5.74, 6) is -0.378. The van der Waals surface area contributed by atoms with Gasteiger partial charge in [0.2, 0.25) is 0 Å². The summed E-state index contributed by atoms with van der Waals surface area (Å²) < 4.78 is 0. The van der Waals surface area contributed by atoms with Crippen LogP contribution in [0.4, 0.5) is 17.1 Å². The van der Waals surface area contributed by atoms with E-state index in [1.54, 1.807) is 6.07 Å². The number of benzene rings is 4. The van der Waals surface area contributed by atoms with Gasteiger partial charge in [-0.05, 0) is 83.5 Å². The number of rotatable bonds is 6. The number of anilines is 3. The van der Waals surface area contributed by atoms with Crippen molar-refractivity contribution in [2.24, 2.45) is 0 Å². The summed E-state index contributed by atoms with van der Waals surface area (Å²) in [6.07, 6.45) is 2.28. The Kier molecular flexibility index (Phi) is 7.51. The number of nitrogens with one attached hydrogen (secondary N) is 2. The normalized spacial score (nSPS) is 12.9. The predicted molar refractivity (Wildman–Crippen MR) is 160 cm³/mol. The van der Waals surface area contributed by atoms with Gasteiger partial charge in [0.05, 0.1) is 0 Å². The zero-order chi connectivity index (χ0) is 27.4. The van der Waals surface area contributed by atoms with E-state index in [0.29, 0.717) is 22.5 Å². The van der Waals surface area contributed by atoms with Crippen molar-refractivity contribution < 1.29 is 9.59 Å². The fourth-order valence-electron chi connectivity index (χ4n) is 4.96. The fraction of sp³-hybridized carbons (Fsp3) is 0.235. The molecule has 0 saturated heterocycles. The topological polar surface area (TPSA) is 61.4 Å². The molecule has 0 bridgehead atoms. The number of aryl methyl sites for hydroxylation is 1. The van der Waals surface area contributed by atoms with E-state index in [-0.39, 0.29) is 17.2 Å². The SMILES string of the molecule is CC(C)(C)c1ccc(C(=O)Nc2cccc(NC(=O)c3ccc(CN4CCCc5ccccc54)cc3)c2)cc1. The molecular formula is C34H35N3O2. The van der Waals surface area contributed by atoms with Crippen molar-refractivity contribution in [3.63, 3.8) is 0 Å². The summed E-state index contributed by atoms with van der Waals surface area (Å²) in [4.78, 5) is 28.1. The Bertz CT molecular complexity index is 1470. The summed E-state index contributed by atoms with van der Waals surface area (Å²) in [5.41, 5.74) is 7.50. The van der Waals surface area contributed by atoms with Crippen LogP contribution in [0.25, 0.3) is 0 Å². The summed E-state index contributed by atoms with van der Waals surface area (Å²) in [5, 5.41) is 5.88. The zero-order valence-corrected chi connectivity index (χ0v) is 22.8. The van der Waals surface area contributed by atoms with Crippen LogP contribution in [0.2, 0.25) is 0 Å². The quantitative estimate of drug-likeness (QED) is 0.279. The van der Waals surface area contributed by atoms with E-state index in [1.807, 2.05) is 66.7 Å². The molecule has 0 aromatic heterocycles. The van der Waals surface area contributed by atoms with Gasteiger partial charge in [0.15, 0.2) is 0 Å². The van der Waals surface area contributed by atoms with Crippen LogP contribution in [0, 0.1) is 0 Å². The highest BCUT2D eigenvalue weighted by Crippen LogP contribution is 2.28. The largest absolute Gasteiger partial charge is 0.367 e. The molecule has 198 valence electrons. The van der Waals surface area contributed by atoms with Crippen LogP contribution in [-0.2, 0) is 18.4 Å². The molecule has 2 N–H and O–H groups in total. The van der Waals surface area contributed by atoms with Gasteiger partial charge < -0.3 is 15.5 Å². The van der Waals surface area contributed by atoms with E-state index in [9.17, 15) is 9.59 Å². The van der Waals surface area contributed by atoms with E-state index in [1.165, 1.54) is 22.4 Å². The van der Waals surface area contributed by atoms with Crippen LogP contribution in [0.3, 0.4) is 0 Å². The van der Waals surface area contributed by atoms with E-state index >= 15 is 0 Å². The highest BCUT2D eigenvalue weighted by atomic mass is 16.2. The molecule has 4 aromatic rings. The summed E-state index contributed by atoms with van der Waals surface area (Å²) in [7, 11) is 0. The average molecular weight is 518 g/mol. The maximum absolute atomic E-state index is 12.9. The second-order valence-electron chi connectivity index (χ2n) is 11.2. The number of para-hydroxylation sites is 1. The molecule has 1 heterocycles. The minimum atomic E-state index is -0.189. The zero-order valence-electron chi connectivity index (χ0n) is 22.8. The molecule has 1 aliphatic rings. The molecule has 5 heteroatoms. The van der Waals surface area contributed by atoms with E-state index in [4.69, 9.17) is 0 Å². The Morgan fingerprint density at radius 1 is 0.744 bits per heavy atom. The van der Waals surface area contributed by atoms with Crippen LogP contribution in [-0.4, -0.2) is 18.4 Å². The minimum Gasteiger partial charge on any atom is -0.367 e. The molecule has 0 fully saturated rings. The lowest BCUT2D eigenvalue weighted by molar-refractivity contribution is 0.101. The molecular weight excluding hydrogens is 482 g/mol. The van der Waals surface area contributed by atoms with Gasteiger partial charge in [-0.1, -0.05) is 69.3 Å². The molecule has 1 aliphatic heterocycles. The third kappa shape index (κ3) is 6.37. The van der Waals surface area contributed by atoms with Crippen molar-refractivity contribution in [1.29, 1.82) is 0 Å². The van der Waals surface area contributed by atoms with Crippen molar-refractivity contribution in [3.8, 4) is 0 Å².